The summed E-state index contributed by atoms with van der Waals surface area (Å²) in [5, 5.41) is 1.81. The van der Waals surface area contributed by atoms with Crippen LogP contribution in [0.5, 0.6) is 11.5 Å². The van der Waals surface area contributed by atoms with Crippen LogP contribution in [0.15, 0.2) is 91.0 Å². The lowest BCUT2D eigenvalue weighted by Crippen LogP contribution is -2.50. The molecule has 0 aliphatic carbocycles. The zero-order valence-electron chi connectivity index (χ0n) is 23.6. The molecule has 6 rings (SSSR count). The molecule has 2 aliphatic rings. The van der Waals surface area contributed by atoms with E-state index < -0.39 is 5.54 Å². The Labute approximate surface area is 236 Å². The highest BCUT2D eigenvalue weighted by Crippen LogP contribution is 2.58. The summed E-state index contributed by atoms with van der Waals surface area (Å²) in [4.78, 5) is 18.9. The monoisotopic (exact) mass is 532 g/mol. The number of para-hydroxylation sites is 1. The van der Waals surface area contributed by atoms with Gasteiger partial charge < -0.3 is 14.5 Å². The second-order valence-electron chi connectivity index (χ2n) is 10.2. The molecule has 0 fully saturated rings. The molecule has 0 saturated heterocycles. The highest BCUT2D eigenvalue weighted by molar-refractivity contribution is 6.03. The third kappa shape index (κ3) is 3.81. The summed E-state index contributed by atoms with van der Waals surface area (Å²) in [5.41, 5.74) is 9.14. The zero-order valence-corrected chi connectivity index (χ0v) is 23.6. The first kappa shape index (κ1) is 25.8. The number of carbonyl (C=O) groups excluding carboxylic acids is 1. The van der Waals surface area contributed by atoms with Crippen molar-refractivity contribution in [1.29, 1.82) is 0 Å². The normalized spacial score (nSPS) is 14.3. The van der Waals surface area contributed by atoms with Crippen molar-refractivity contribution in [3.05, 3.63) is 113 Å². The number of amides is 1. The number of hydrogen-bond donors (Lipinski definition) is 1. The quantitative estimate of drug-likeness (QED) is 0.259. The highest BCUT2D eigenvalue weighted by Gasteiger charge is 2.57. The van der Waals surface area contributed by atoms with Crippen molar-refractivity contribution < 1.29 is 9.53 Å². The van der Waals surface area contributed by atoms with Crippen molar-refractivity contribution in [2.45, 2.75) is 33.2 Å². The Balaban J connectivity index is 1.65. The maximum Gasteiger partial charge on any atom is 0.274 e. The van der Waals surface area contributed by atoms with Gasteiger partial charge in [-0.2, -0.15) is 0 Å². The van der Waals surface area contributed by atoms with Gasteiger partial charge in [0.1, 0.15) is 17.0 Å². The van der Waals surface area contributed by atoms with Crippen LogP contribution in [0.25, 0.3) is 0 Å². The van der Waals surface area contributed by atoms with E-state index in [9.17, 15) is 4.79 Å². The molecule has 0 bridgehead atoms. The van der Waals surface area contributed by atoms with Crippen molar-refractivity contribution in [1.82, 2.24) is 5.01 Å². The summed E-state index contributed by atoms with van der Waals surface area (Å²) in [7, 11) is 0. The Morgan fingerprint density at radius 2 is 1.20 bits per heavy atom. The number of anilines is 3. The first-order chi connectivity index (χ1) is 19.6. The second-order valence-corrected chi connectivity index (χ2v) is 10.2. The van der Waals surface area contributed by atoms with Crippen LogP contribution in [-0.4, -0.2) is 37.1 Å². The fourth-order valence-electron chi connectivity index (χ4n) is 6.31. The Morgan fingerprint density at radius 3 is 1.75 bits per heavy atom. The summed E-state index contributed by atoms with van der Waals surface area (Å²) in [6, 6.07) is 30.7. The molecular weight excluding hydrogens is 496 g/mol. The number of fused-ring (bicyclic) bond motifs is 6. The van der Waals surface area contributed by atoms with Gasteiger partial charge in [0.15, 0.2) is 0 Å². The topological polar surface area (TPSA) is 48.1 Å². The number of ether oxygens (including phenoxy) is 1. The zero-order chi connectivity index (χ0) is 27.9. The molecule has 6 nitrogen and oxygen atoms in total. The van der Waals surface area contributed by atoms with Gasteiger partial charge in [-0.15, -0.1) is 0 Å². The third-order valence-electron chi connectivity index (χ3n) is 8.29. The van der Waals surface area contributed by atoms with Crippen molar-refractivity contribution in [2.75, 3.05) is 41.4 Å². The molecule has 2 aliphatic heterocycles. The maximum atomic E-state index is 14.2. The van der Waals surface area contributed by atoms with E-state index in [1.807, 2.05) is 48.5 Å². The fourth-order valence-corrected chi connectivity index (χ4v) is 6.31. The molecule has 1 N–H and O–H groups in total. The molecule has 0 atom stereocenters. The fraction of sp³-hybridized carbons (Fsp3) is 0.265. The molecule has 6 heteroatoms. The predicted octanol–water partition coefficient (Wildman–Crippen LogP) is 7.26. The van der Waals surface area contributed by atoms with Crippen LogP contribution in [0.4, 0.5) is 17.1 Å². The van der Waals surface area contributed by atoms with Gasteiger partial charge in [-0.05, 0) is 58.0 Å². The molecular formula is C34H36N4O2. The Hall–Kier alpha value is -4.45. The first-order valence-electron chi connectivity index (χ1n) is 14.3. The smallest absolute Gasteiger partial charge is 0.274 e. The average Bonchev–Trinajstić information content (AvgIpc) is 3.23. The van der Waals surface area contributed by atoms with Gasteiger partial charge in [0.25, 0.3) is 5.91 Å². The van der Waals surface area contributed by atoms with Crippen molar-refractivity contribution in [2.24, 2.45) is 0 Å². The number of hydrazine groups is 1. The first-order valence-corrected chi connectivity index (χ1v) is 14.3. The third-order valence-corrected chi connectivity index (χ3v) is 8.29. The molecule has 4 aromatic rings. The minimum Gasteiger partial charge on any atom is -0.456 e. The van der Waals surface area contributed by atoms with Crippen molar-refractivity contribution in [3.8, 4) is 11.5 Å². The number of carbonyl (C=O) groups is 1. The number of hydrogen-bond acceptors (Lipinski definition) is 5. The van der Waals surface area contributed by atoms with Crippen molar-refractivity contribution in [3.63, 3.8) is 0 Å². The van der Waals surface area contributed by atoms with Gasteiger partial charge in [-0.1, -0.05) is 48.5 Å². The predicted molar refractivity (Wildman–Crippen MR) is 163 cm³/mol. The Kier molecular flexibility index (Phi) is 6.62. The average molecular weight is 533 g/mol. The number of benzene rings is 4. The standard InChI is InChI=1S/C34H36N4O2/c1-5-36(6-2)25-18-20-29-31(22-25)40-32-23-26(37(7-3)8-4)19-21-30(32)34(29)28-17-13-12-16-27(28)33(39)38(34)35-24-14-10-9-11-15-24/h9-23,35H,5-8H2,1-4H3. The summed E-state index contributed by atoms with van der Waals surface area (Å²) < 4.78 is 6.75. The van der Waals surface area contributed by atoms with Gasteiger partial charge in [0.05, 0.1) is 5.69 Å². The molecule has 0 unspecified atom stereocenters. The SMILES string of the molecule is CCN(CC)c1ccc2c(c1)Oc1cc(N(CC)CC)ccc1C21c2ccccc2C(=O)N1Nc1ccccc1. The molecule has 0 radical (unpaired) electrons. The number of nitrogens with one attached hydrogen (secondary N) is 1. The van der Waals surface area contributed by atoms with E-state index in [4.69, 9.17) is 4.74 Å². The molecule has 2 heterocycles. The molecule has 0 saturated carbocycles. The summed E-state index contributed by atoms with van der Waals surface area (Å²) in [6.07, 6.45) is 0. The van der Waals surface area contributed by atoms with E-state index >= 15 is 0 Å². The van der Waals surface area contributed by atoms with Gasteiger partial charge in [-0.25, -0.2) is 5.01 Å². The van der Waals surface area contributed by atoms with Crippen LogP contribution in [0.1, 0.15) is 54.7 Å². The Bertz CT molecular complexity index is 1480. The lowest BCUT2D eigenvalue weighted by Gasteiger charge is -2.44. The van der Waals surface area contributed by atoms with E-state index in [-0.39, 0.29) is 5.91 Å². The van der Waals surface area contributed by atoms with Crippen LogP contribution in [0, 0.1) is 0 Å². The molecule has 204 valence electrons. The molecule has 1 amide bonds. The lowest BCUT2D eigenvalue weighted by atomic mass is 9.75. The summed E-state index contributed by atoms with van der Waals surface area (Å²) in [5.74, 6) is 1.45. The second kappa shape index (κ2) is 10.3. The minimum absolute atomic E-state index is 0.0705. The highest BCUT2D eigenvalue weighted by atomic mass is 16.5. The van der Waals surface area contributed by atoms with Gasteiger partial charge >= 0.3 is 0 Å². The van der Waals surface area contributed by atoms with E-state index in [0.717, 1.165) is 71.4 Å². The molecule has 0 aromatic heterocycles. The van der Waals surface area contributed by atoms with Crippen LogP contribution in [0.3, 0.4) is 0 Å². The van der Waals surface area contributed by atoms with Crippen LogP contribution < -0.4 is 20.0 Å². The van der Waals surface area contributed by atoms with Crippen LogP contribution >= 0.6 is 0 Å². The largest absolute Gasteiger partial charge is 0.456 e. The van der Waals surface area contributed by atoms with Crippen molar-refractivity contribution >= 4 is 23.0 Å². The summed E-state index contributed by atoms with van der Waals surface area (Å²) in [6.45, 7) is 12.2. The van der Waals surface area contributed by atoms with Crippen LogP contribution in [0.2, 0.25) is 0 Å². The van der Waals surface area contributed by atoms with E-state index in [2.05, 4.69) is 85.4 Å². The molecule has 1 spiro atoms. The maximum absolute atomic E-state index is 14.2. The van der Waals surface area contributed by atoms with E-state index in [1.165, 1.54) is 0 Å². The Morgan fingerprint density at radius 1 is 0.675 bits per heavy atom. The van der Waals surface area contributed by atoms with E-state index in [1.54, 1.807) is 5.01 Å². The lowest BCUT2D eigenvalue weighted by molar-refractivity contribution is 0.0724. The number of nitrogens with zero attached hydrogens (tertiary/aromatic N) is 3. The molecule has 4 aromatic carbocycles. The van der Waals surface area contributed by atoms with Crippen LogP contribution in [-0.2, 0) is 5.54 Å². The molecule has 40 heavy (non-hydrogen) atoms. The number of rotatable bonds is 8. The van der Waals surface area contributed by atoms with E-state index in [0.29, 0.717) is 5.56 Å². The van der Waals surface area contributed by atoms with Gasteiger partial charge in [-0.3, -0.25) is 10.2 Å². The minimum atomic E-state index is -0.921. The van der Waals surface area contributed by atoms with Gasteiger partial charge in [0.2, 0.25) is 0 Å². The van der Waals surface area contributed by atoms with Gasteiger partial charge in [0, 0.05) is 71.9 Å². The summed E-state index contributed by atoms with van der Waals surface area (Å²) >= 11 is 0.